The summed E-state index contributed by atoms with van der Waals surface area (Å²) in [6, 6.07) is 0. The lowest BCUT2D eigenvalue weighted by molar-refractivity contribution is 0.138. The van der Waals surface area contributed by atoms with Gasteiger partial charge in [-0.05, 0) is 5.92 Å². The molecule has 0 aliphatic heterocycles. The van der Waals surface area contributed by atoms with Gasteiger partial charge in [0, 0.05) is 18.1 Å². The number of nitrogens with zero attached hydrogens (tertiary/aromatic N) is 2. The summed E-state index contributed by atoms with van der Waals surface area (Å²) in [7, 11) is 0. The van der Waals surface area contributed by atoms with Crippen LogP contribution >= 0.6 is 11.5 Å². The van der Waals surface area contributed by atoms with Crippen LogP contribution in [0.2, 0.25) is 0 Å². The van der Waals surface area contributed by atoms with E-state index in [-0.39, 0.29) is 18.0 Å². The van der Waals surface area contributed by atoms with E-state index in [1.54, 1.807) is 0 Å². The molecule has 1 unspecified atom stereocenters. The molecular formula is C7H14N4OS. The fourth-order valence-corrected chi connectivity index (χ4v) is 1.24. The molecule has 0 aliphatic carbocycles. The first-order valence-electron chi connectivity index (χ1n) is 4.10. The van der Waals surface area contributed by atoms with Gasteiger partial charge in [-0.3, -0.25) is 0 Å². The summed E-state index contributed by atoms with van der Waals surface area (Å²) in [6.07, 6.45) is -0.370. The fraction of sp³-hybridized carbons (Fsp3) is 0.714. The first kappa shape index (κ1) is 10.2. The van der Waals surface area contributed by atoms with Crippen molar-refractivity contribution in [2.24, 2.45) is 5.92 Å². The van der Waals surface area contributed by atoms with Gasteiger partial charge < -0.3 is 16.2 Å². The second kappa shape index (κ2) is 4.38. The van der Waals surface area contributed by atoms with Crippen molar-refractivity contribution >= 4 is 22.6 Å². The molecule has 0 saturated heterocycles. The van der Waals surface area contributed by atoms with Crippen LogP contribution in [-0.4, -0.2) is 27.1 Å². The molecule has 0 amide bonds. The quantitative estimate of drug-likeness (QED) is 0.664. The van der Waals surface area contributed by atoms with Crippen molar-refractivity contribution in [1.82, 2.24) is 9.36 Å². The van der Waals surface area contributed by atoms with Crippen LogP contribution in [0.4, 0.5) is 11.1 Å². The van der Waals surface area contributed by atoms with Gasteiger partial charge in [-0.25, -0.2) is 0 Å². The molecular weight excluding hydrogens is 188 g/mol. The Kier molecular flexibility index (Phi) is 3.44. The van der Waals surface area contributed by atoms with Crippen molar-refractivity contribution in [2.75, 3.05) is 17.6 Å². The molecule has 74 valence electrons. The second-order valence-corrected chi connectivity index (χ2v) is 3.90. The number of nitrogens with one attached hydrogen (secondary N) is 1. The van der Waals surface area contributed by atoms with Crippen LogP contribution in [0.1, 0.15) is 13.8 Å². The van der Waals surface area contributed by atoms with Crippen LogP contribution in [0.5, 0.6) is 0 Å². The number of rotatable bonds is 4. The minimum Gasteiger partial charge on any atom is -0.391 e. The zero-order valence-corrected chi connectivity index (χ0v) is 8.51. The van der Waals surface area contributed by atoms with Gasteiger partial charge >= 0.3 is 0 Å². The molecule has 0 spiro atoms. The zero-order valence-electron chi connectivity index (χ0n) is 7.69. The van der Waals surface area contributed by atoms with E-state index in [1.807, 2.05) is 13.8 Å². The number of hydrogen-bond donors (Lipinski definition) is 3. The van der Waals surface area contributed by atoms with E-state index in [0.29, 0.717) is 11.7 Å². The first-order valence-corrected chi connectivity index (χ1v) is 4.88. The van der Waals surface area contributed by atoms with Gasteiger partial charge in [-0.1, -0.05) is 13.8 Å². The van der Waals surface area contributed by atoms with E-state index >= 15 is 0 Å². The van der Waals surface area contributed by atoms with Gasteiger partial charge in [-0.15, -0.1) is 0 Å². The number of aliphatic hydroxyl groups excluding tert-OH is 1. The van der Waals surface area contributed by atoms with Gasteiger partial charge in [0.25, 0.3) is 0 Å². The van der Waals surface area contributed by atoms with Crippen molar-refractivity contribution in [3.63, 3.8) is 0 Å². The number of nitrogens with two attached hydrogens (primary N) is 1. The fourth-order valence-electron chi connectivity index (χ4n) is 0.734. The Morgan fingerprint density at radius 3 is 2.77 bits per heavy atom. The predicted octanol–water partition coefficient (Wildman–Crippen LogP) is 0.549. The summed E-state index contributed by atoms with van der Waals surface area (Å²) >= 11 is 1.19. The number of aliphatic hydroxyl groups is 1. The smallest absolute Gasteiger partial charge is 0.233 e. The van der Waals surface area contributed by atoms with Crippen LogP contribution < -0.4 is 11.1 Å². The Hall–Kier alpha value is -0.880. The maximum atomic E-state index is 9.46. The monoisotopic (exact) mass is 202 g/mol. The third-order valence-electron chi connectivity index (χ3n) is 1.67. The summed E-state index contributed by atoms with van der Waals surface area (Å²) in [6.45, 7) is 4.40. The maximum absolute atomic E-state index is 9.46. The maximum Gasteiger partial charge on any atom is 0.233 e. The van der Waals surface area contributed by atoms with E-state index in [2.05, 4.69) is 14.7 Å². The van der Waals surface area contributed by atoms with E-state index in [1.165, 1.54) is 11.5 Å². The number of hydrogen-bond acceptors (Lipinski definition) is 6. The third-order valence-corrected chi connectivity index (χ3v) is 2.36. The molecule has 1 rings (SSSR count). The molecule has 1 aromatic heterocycles. The Morgan fingerprint density at radius 1 is 1.62 bits per heavy atom. The molecule has 0 fully saturated rings. The van der Waals surface area contributed by atoms with Crippen LogP contribution in [0.25, 0.3) is 0 Å². The highest BCUT2D eigenvalue weighted by atomic mass is 32.1. The van der Waals surface area contributed by atoms with Gasteiger partial charge in [0.2, 0.25) is 11.1 Å². The lowest BCUT2D eigenvalue weighted by atomic mass is 10.1. The highest BCUT2D eigenvalue weighted by molar-refractivity contribution is 7.09. The number of nitrogen functional groups attached to an aromatic ring is 1. The van der Waals surface area contributed by atoms with Crippen molar-refractivity contribution in [3.05, 3.63) is 0 Å². The second-order valence-electron chi connectivity index (χ2n) is 3.15. The van der Waals surface area contributed by atoms with Crippen molar-refractivity contribution < 1.29 is 5.11 Å². The minimum absolute atomic E-state index is 0.234. The molecule has 6 heteroatoms. The largest absolute Gasteiger partial charge is 0.391 e. The highest BCUT2D eigenvalue weighted by Gasteiger charge is 2.09. The molecule has 0 bridgehead atoms. The summed E-state index contributed by atoms with van der Waals surface area (Å²) in [5, 5.41) is 13.1. The van der Waals surface area contributed by atoms with Crippen LogP contribution in [0.3, 0.4) is 0 Å². The van der Waals surface area contributed by atoms with Crippen molar-refractivity contribution in [3.8, 4) is 0 Å². The Balaban J connectivity index is 2.35. The van der Waals surface area contributed by atoms with Gasteiger partial charge in [-0.2, -0.15) is 9.36 Å². The lowest BCUT2D eigenvalue weighted by Crippen LogP contribution is -2.24. The molecule has 0 radical (unpaired) electrons. The molecule has 1 heterocycles. The van der Waals surface area contributed by atoms with E-state index in [9.17, 15) is 5.11 Å². The van der Waals surface area contributed by atoms with E-state index in [0.717, 1.165) is 0 Å². The van der Waals surface area contributed by atoms with Crippen LogP contribution in [0.15, 0.2) is 0 Å². The lowest BCUT2D eigenvalue weighted by Gasteiger charge is -2.13. The van der Waals surface area contributed by atoms with E-state index in [4.69, 9.17) is 5.73 Å². The van der Waals surface area contributed by atoms with E-state index < -0.39 is 0 Å². The third kappa shape index (κ3) is 3.16. The Labute approximate surface area is 81.2 Å². The first-order chi connectivity index (χ1) is 6.09. The number of anilines is 2. The average Bonchev–Trinajstić information content (AvgIpc) is 2.47. The average molecular weight is 202 g/mol. The van der Waals surface area contributed by atoms with Gasteiger partial charge in [0.05, 0.1) is 6.10 Å². The van der Waals surface area contributed by atoms with Crippen LogP contribution in [-0.2, 0) is 0 Å². The highest BCUT2D eigenvalue weighted by Crippen LogP contribution is 2.12. The molecule has 0 aliphatic rings. The number of aromatic nitrogens is 2. The molecule has 5 nitrogen and oxygen atoms in total. The molecule has 0 saturated carbocycles. The van der Waals surface area contributed by atoms with Crippen LogP contribution in [0, 0.1) is 5.92 Å². The SMILES string of the molecule is CC(C)C(O)CNc1nc(N)ns1. The molecule has 0 aromatic carbocycles. The predicted molar refractivity (Wildman–Crippen MR) is 53.7 cm³/mol. The summed E-state index contributed by atoms with van der Waals surface area (Å²) < 4.78 is 3.80. The topological polar surface area (TPSA) is 84.1 Å². The molecule has 4 N–H and O–H groups in total. The molecule has 13 heavy (non-hydrogen) atoms. The Bertz CT molecular complexity index is 263. The normalized spacial score (nSPS) is 13.2. The molecule has 1 atom stereocenters. The van der Waals surface area contributed by atoms with Crippen molar-refractivity contribution in [2.45, 2.75) is 20.0 Å². The summed E-state index contributed by atoms with van der Waals surface area (Å²) in [5.74, 6) is 0.504. The molecule has 1 aromatic rings. The standard InChI is InChI=1S/C7H14N4OS/c1-4(2)5(12)3-9-7-10-6(8)11-13-7/h4-5,12H,3H2,1-2H3,(H3,8,9,10,11). The zero-order chi connectivity index (χ0) is 9.84. The van der Waals surface area contributed by atoms with Gasteiger partial charge in [0.1, 0.15) is 0 Å². The minimum atomic E-state index is -0.370. The van der Waals surface area contributed by atoms with Crippen molar-refractivity contribution in [1.29, 1.82) is 0 Å². The Morgan fingerprint density at radius 2 is 2.31 bits per heavy atom. The summed E-state index contributed by atoms with van der Waals surface area (Å²) in [5.41, 5.74) is 5.33. The van der Waals surface area contributed by atoms with Gasteiger partial charge in [0.15, 0.2) is 0 Å². The summed E-state index contributed by atoms with van der Waals surface area (Å²) in [4.78, 5) is 3.90.